The molecule has 0 atom stereocenters. The summed E-state index contributed by atoms with van der Waals surface area (Å²) in [5.41, 5.74) is 9.84. The lowest BCUT2D eigenvalue weighted by atomic mass is 10.2. The van der Waals surface area contributed by atoms with Crippen LogP contribution in [0.5, 0.6) is 0 Å². The minimum Gasteiger partial charge on any atom is -0.379 e. The van der Waals surface area contributed by atoms with E-state index in [0.29, 0.717) is 25.3 Å². The van der Waals surface area contributed by atoms with Crippen molar-refractivity contribution in [2.24, 2.45) is 5.11 Å². The van der Waals surface area contributed by atoms with E-state index in [1.165, 1.54) is 0 Å². The van der Waals surface area contributed by atoms with E-state index in [0.717, 1.165) is 25.1 Å². The van der Waals surface area contributed by atoms with Crippen LogP contribution in [-0.2, 0) is 4.74 Å². The minimum atomic E-state index is 0.358. The highest BCUT2D eigenvalue weighted by Crippen LogP contribution is 2.14. The van der Waals surface area contributed by atoms with Gasteiger partial charge in [-0.1, -0.05) is 5.11 Å². The normalized spacial score (nSPS) is 9.74. The first kappa shape index (κ1) is 15.0. The fourth-order valence-corrected chi connectivity index (χ4v) is 1.66. The summed E-state index contributed by atoms with van der Waals surface area (Å²) in [5.74, 6) is 0. The second-order valence-corrected chi connectivity index (χ2v) is 3.86. The number of benzene rings is 1. The number of rotatable bonds is 9. The molecule has 0 unspecified atom stereocenters. The highest BCUT2D eigenvalue weighted by Gasteiger charge is 2.03. The van der Waals surface area contributed by atoms with Gasteiger partial charge in [-0.15, -0.1) is 0 Å². The van der Waals surface area contributed by atoms with E-state index in [4.69, 9.17) is 10.3 Å². The van der Waals surface area contributed by atoms with E-state index in [1.807, 2.05) is 12.1 Å². The topological polar surface area (TPSA) is 78.3 Å². The molecule has 6 heteroatoms. The number of carbonyl (C=O) groups excluding carboxylic acids is 1. The Hall–Kier alpha value is -2.04. The molecule has 0 aliphatic rings. The van der Waals surface area contributed by atoms with Crippen LogP contribution in [0.4, 0.5) is 5.69 Å². The number of ether oxygens (including phenoxy) is 1. The fraction of sp³-hybridized carbons (Fsp3) is 0.462. The van der Waals surface area contributed by atoms with Gasteiger partial charge in [-0.2, -0.15) is 0 Å². The molecular weight excluding hydrogens is 244 g/mol. The number of likely N-dealkylation sites (N-methyl/N-ethyl adjacent to an activating group) is 1. The summed E-state index contributed by atoms with van der Waals surface area (Å²) in [5, 5.41) is 3.39. The van der Waals surface area contributed by atoms with Crippen molar-refractivity contribution in [1.29, 1.82) is 0 Å². The molecule has 0 spiro atoms. The minimum absolute atomic E-state index is 0.358. The summed E-state index contributed by atoms with van der Waals surface area (Å²) in [6.07, 6.45) is 0.832. The molecule has 6 nitrogen and oxygen atoms in total. The van der Waals surface area contributed by atoms with Crippen molar-refractivity contribution in [2.45, 2.75) is 6.92 Å². The standard InChI is InChI=1S/C13H18N4O2/c1-2-17(8-10-19-9-7-15-16-14)13-5-3-12(11-18)4-6-13/h3-6,11H,2,7-10H2,1H3. The van der Waals surface area contributed by atoms with Gasteiger partial charge in [0.1, 0.15) is 6.29 Å². The zero-order chi connectivity index (χ0) is 13.9. The number of anilines is 1. The van der Waals surface area contributed by atoms with E-state index in [1.54, 1.807) is 12.1 Å². The van der Waals surface area contributed by atoms with E-state index >= 15 is 0 Å². The van der Waals surface area contributed by atoms with Gasteiger partial charge in [-0.3, -0.25) is 4.79 Å². The van der Waals surface area contributed by atoms with Crippen molar-refractivity contribution in [3.8, 4) is 0 Å². The molecule has 0 aliphatic heterocycles. The van der Waals surface area contributed by atoms with Crippen molar-refractivity contribution in [3.63, 3.8) is 0 Å². The molecule has 1 aromatic carbocycles. The molecular formula is C13H18N4O2. The third kappa shape index (κ3) is 5.42. The average molecular weight is 262 g/mol. The average Bonchev–Trinajstić information content (AvgIpc) is 2.47. The van der Waals surface area contributed by atoms with Gasteiger partial charge in [0.15, 0.2) is 0 Å². The number of aldehydes is 1. The lowest BCUT2D eigenvalue weighted by Crippen LogP contribution is -2.27. The lowest BCUT2D eigenvalue weighted by molar-refractivity contribution is 0.112. The number of azide groups is 1. The molecule has 0 fully saturated rings. The van der Waals surface area contributed by atoms with Gasteiger partial charge < -0.3 is 9.64 Å². The zero-order valence-electron chi connectivity index (χ0n) is 11.0. The van der Waals surface area contributed by atoms with Gasteiger partial charge >= 0.3 is 0 Å². The number of carbonyl (C=O) groups is 1. The van der Waals surface area contributed by atoms with Gasteiger partial charge in [0.2, 0.25) is 0 Å². The maximum absolute atomic E-state index is 10.6. The SMILES string of the molecule is CCN(CCOCCN=[N+]=[N-])c1ccc(C=O)cc1. The summed E-state index contributed by atoms with van der Waals surface area (Å²) in [4.78, 5) is 15.4. The monoisotopic (exact) mass is 262 g/mol. The maximum Gasteiger partial charge on any atom is 0.150 e. The summed E-state index contributed by atoms with van der Waals surface area (Å²) in [6, 6.07) is 7.45. The van der Waals surface area contributed by atoms with E-state index in [-0.39, 0.29) is 0 Å². The van der Waals surface area contributed by atoms with Gasteiger partial charge in [-0.05, 0) is 36.7 Å². The molecule has 102 valence electrons. The number of hydrogen-bond donors (Lipinski definition) is 0. The molecule has 0 N–H and O–H groups in total. The van der Waals surface area contributed by atoms with Gasteiger partial charge in [0.05, 0.1) is 13.2 Å². The Bertz CT molecular complexity index is 427. The highest BCUT2D eigenvalue weighted by atomic mass is 16.5. The zero-order valence-corrected chi connectivity index (χ0v) is 11.0. The van der Waals surface area contributed by atoms with E-state index in [2.05, 4.69) is 21.8 Å². The molecule has 0 amide bonds. The lowest BCUT2D eigenvalue weighted by Gasteiger charge is -2.23. The first-order valence-corrected chi connectivity index (χ1v) is 6.20. The van der Waals surface area contributed by atoms with Crippen molar-refractivity contribution in [1.82, 2.24) is 0 Å². The molecule has 0 aromatic heterocycles. The molecule has 0 saturated heterocycles. The van der Waals surface area contributed by atoms with Crippen LogP contribution >= 0.6 is 0 Å². The van der Waals surface area contributed by atoms with Crippen LogP contribution in [0.1, 0.15) is 17.3 Å². The summed E-state index contributed by atoms with van der Waals surface area (Å²) < 4.78 is 5.37. The van der Waals surface area contributed by atoms with E-state index in [9.17, 15) is 4.79 Å². The maximum atomic E-state index is 10.6. The predicted octanol–water partition coefficient (Wildman–Crippen LogP) is 2.65. The first-order valence-electron chi connectivity index (χ1n) is 6.20. The molecule has 1 aromatic rings. The van der Waals surface area contributed by atoms with Crippen LogP contribution < -0.4 is 4.90 Å². The van der Waals surface area contributed by atoms with Crippen molar-refractivity contribution < 1.29 is 9.53 Å². The first-order chi connectivity index (χ1) is 9.31. The van der Waals surface area contributed by atoms with Gasteiger partial charge in [-0.25, -0.2) is 0 Å². The Morgan fingerprint density at radius 1 is 1.37 bits per heavy atom. The second-order valence-electron chi connectivity index (χ2n) is 3.86. The van der Waals surface area contributed by atoms with Gasteiger partial charge in [0.25, 0.3) is 0 Å². The van der Waals surface area contributed by atoms with E-state index < -0.39 is 0 Å². The third-order valence-electron chi connectivity index (χ3n) is 2.68. The van der Waals surface area contributed by atoms with Gasteiger partial charge in [0, 0.05) is 35.8 Å². The Balaban J connectivity index is 2.39. The third-order valence-corrected chi connectivity index (χ3v) is 2.68. The molecule has 0 bridgehead atoms. The molecule has 0 aliphatic carbocycles. The fourth-order valence-electron chi connectivity index (χ4n) is 1.66. The van der Waals surface area contributed by atoms with Crippen LogP contribution in [0.3, 0.4) is 0 Å². The van der Waals surface area contributed by atoms with Crippen LogP contribution in [0, 0.1) is 0 Å². The molecule has 0 heterocycles. The quantitative estimate of drug-likeness (QED) is 0.225. The second kappa shape index (κ2) is 8.97. The van der Waals surface area contributed by atoms with Crippen molar-refractivity contribution in [3.05, 3.63) is 40.3 Å². The molecule has 0 saturated carbocycles. The number of hydrogen-bond acceptors (Lipinski definition) is 4. The number of nitrogens with zero attached hydrogens (tertiary/aromatic N) is 4. The largest absolute Gasteiger partial charge is 0.379 e. The van der Waals surface area contributed by atoms with Crippen LogP contribution in [0.15, 0.2) is 29.4 Å². The van der Waals surface area contributed by atoms with Crippen LogP contribution in [0.25, 0.3) is 10.4 Å². The summed E-state index contributed by atoms with van der Waals surface area (Å²) >= 11 is 0. The Morgan fingerprint density at radius 2 is 2.11 bits per heavy atom. The highest BCUT2D eigenvalue weighted by molar-refractivity contribution is 5.75. The van der Waals surface area contributed by atoms with Crippen molar-refractivity contribution >= 4 is 12.0 Å². The summed E-state index contributed by atoms with van der Waals surface area (Å²) in [6.45, 7) is 5.05. The van der Waals surface area contributed by atoms with Crippen molar-refractivity contribution in [2.75, 3.05) is 37.7 Å². The Morgan fingerprint density at radius 3 is 2.68 bits per heavy atom. The Labute approximate surface area is 112 Å². The predicted molar refractivity (Wildman–Crippen MR) is 74.5 cm³/mol. The van der Waals surface area contributed by atoms with Crippen LogP contribution in [-0.4, -0.2) is 39.1 Å². The van der Waals surface area contributed by atoms with Crippen LogP contribution in [0.2, 0.25) is 0 Å². The summed E-state index contributed by atoms with van der Waals surface area (Å²) in [7, 11) is 0. The smallest absolute Gasteiger partial charge is 0.150 e. The molecule has 19 heavy (non-hydrogen) atoms. The Kier molecular flexibility index (Phi) is 7.09. The molecule has 1 rings (SSSR count). The molecule has 0 radical (unpaired) electrons.